The lowest BCUT2D eigenvalue weighted by Crippen LogP contribution is -2.22. The van der Waals surface area contributed by atoms with Gasteiger partial charge < -0.3 is 19.1 Å². The van der Waals surface area contributed by atoms with Gasteiger partial charge in [0.15, 0.2) is 0 Å². The van der Waals surface area contributed by atoms with Crippen LogP contribution >= 0.6 is 0 Å². The number of ether oxygens (including phenoxy) is 1. The Morgan fingerprint density at radius 2 is 1.39 bits per heavy atom. The predicted octanol–water partition coefficient (Wildman–Crippen LogP) is 9.09. The molecule has 3 aromatic heterocycles. The molecule has 1 aliphatic heterocycles. The molecule has 0 N–H and O–H groups in total. The number of nitrogens with zero attached hydrogens (tertiary/aromatic N) is 5. The second-order valence-corrected chi connectivity index (χ2v) is 12.9. The van der Waals surface area contributed by atoms with Crippen LogP contribution in [-0.4, -0.2) is 32.7 Å². The Labute approximate surface area is 257 Å². The summed E-state index contributed by atoms with van der Waals surface area (Å²) in [5, 5.41) is 4.73. The van der Waals surface area contributed by atoms with Crippen LogP contribution < -0.4 is 9.64 Å². The van der Waals surface area contributed by atoms with Crippen molar-refractivity contribution in [3.63, 3.8) is 0 Å². The summed E-state index contributed by atoms with van der Waals surface area (Å²) in [7, 11) is 4.21. The molecule has 0 unspecified atom stereocenters. The smallest absolute Gasteiger partial charge is 0.139 e. The number of aryl methyl sites for hydroxylation is 1. The highest BCUT2D eigenvalue weighted by molar-refractivity contribution is 6.11. The number of aromatic nitrogens is 3. The maximum Gasteiger partial charge on any atom is 0.139 e. The van der Waals surface area contributed by atoms with Gasteiger partial charge in [0, 0.05) is 83.6 Å². The van der Waals surface area contributed by atoms with Crippen molar-refractivity contribution in [1.82, 2.24) is 19.0 Å². The van der Waals surface area contributed by atoms with Crippen molar-refractivity contribution in [2.45, 2.75) is 26.2 Å². The first-order chi connectivity index (χ1) is 21.2. The van der Waals surface area contributed by atoms with Crippen molar-refractivity contribution >= 4 is 49.3 Å². The summed E-state index contributed by atoms with van der Waals surface area (Å²) in [5.41, 5.74) is 6.87. The quantitative estimate of drug-likeness (QED) is 0.209. The monoisotopic (exact) mass is 577 g/mol. The number of benzene rings is 4. The molecule has 218 valence electrons. The van der Waals surface area contributed by atoms with Gasteiger partial charge in [0.1, 0.15) is 17.3 Å². The van der Waals surface area contributed by atoms with Crippen LogP contribution in [0, 0.1) is 0 Å². The first-order valence-electron chi connectivity index (χ1n) is 15.1. The zero-order valence-electron chi connectivity index (χ0n) is 25.7. The van der Waals surface area contributed by atoms with E-state index in [1.165, 1.54) is 27.2 Å². The Kier molecular flexibility index (Phi) is 5.79. The minimum absolute atomic E-state index is 0.0219. The van der Waals surface area contributed by atoms with Gasteiger partial charge in [0.2, 0.25) is 0 Å². The molecule has 6 heteroatoms. The summed E-state index contributed by atoms with van der Waals surface area (Å²) in [6.45, 7) is 7.54. The van der Waals surface area contributed by atoms with Gasteiger partial charge in [-0.3, -0.25) is 4.57 Å². The van der Waals surface area contributed by atoms with Gasteiger partial charge in [-0.2, -0.15) is 0 Å². The first kappa shape index (κ1) is 26.4. The lowest BCUT2D eigenvalue weighted by atomic mass is 9.86. The number of rotatable bonds is 4. The Morgan fingerprint density at radius 3 is 2.14 bits per heavy atom. The molecule has 6 nitrogen and oxygen atoms in total. The van der Waals surface area contributed by atoms with Gasteiger partial charge in [0.05, 0.1) is 23.2 Å². The van der Waals surface area contributed by atoms with Gasteiger partial charge in [0.25, 0.3) is 0 Å². The third kappa shape index (κ3) is 4.21. The van der Waals surface area contributed by atoms with Crippen LogP contribution in [0.2, 0.25) is 0 Å². The van der Waals surface area contributed by atoms with Crippen LogP contribution in [0.4, 0.5) is 5.69 Å². The van der Waals surface area contributed by atoms with Crippen molar-refractivity contribution in [1.29, 1.82) is 0 Å². The molecule has 4 heterocycles. The molecule has 0 amide bonds. The van der Waals surface area contributed by atoms with E-state index in [9.17, 15) is 0 Å². The van der Waals surface area contributed by atoms with Gasteiger partial charge in [-0.15, -0.1) is 0 Å². The van der Waals surface area contributed by atoms with E-state index in [0.29, 0.717) is 0 Å². The van der Waals surface area contributed by atoms with Crippen LogP contribution in [0.25, 0.3) is 49.4 Å². The molecule has 8 rings (SSSR count). The van der Waals surface area contributed by atoms with Crippen LogP contribution in [0.3, 0.4) is 0 Å². The largest absolute Gasteiger partial charge is 0.457 e. The molecule has 7 aromatic rings. The topological polar surface area (TPSA) is 38.5 Å². The van der Waals surface area contributed by atoms with Crippen molar-refractivity contribution in [3.05, 3.63) is 115 Å². The molecule has 0 fully saturated rings. The maximum atomic E-state index is 6.66. The fourth-order valence-corrected chi connectivity index (χ4v) is 6.50. The minimum atomic E-state index is -0.0219. The van der Waals surface area contributed by atoms with E-state index in [4.69, 9.17) is 9.72 Å². The maximum absolute atomic E-state index is 6.66. The summed E-state index contributed by atoms with van der Waals surface area (Å²) in [4.78, 5) is 9.44. The van der Waals surface area contributed by atoms with Crippen molar-refractivity contribution in [3.8, 4) is 17.3 Å². The fourth-order valence-electron chi connectivity index (χ4n) is 6.50. The van der Waals surface area contributed by atoms with E-state index < -0.39 is 0 Å². The van der Waals surface area contributed by atoms with Crippen molar-refractivity contribution < 1.29 is 4.74 Å². The van der Waals surface area contributed by atoms with E-state index in [1.807, 2.05) is 6.20 Å². The fraction of sp³-hybridized carbons (Fsp3) is 0.184. The molecule has 0 radical (unpaired) electrons. The molecule has 0 saturated heterocycles. The Bertz CT molecular complexity index is 2270. The molecule has 0 spiro atoms. The lowest BCUT2D eigenvalue weighted by Gasteiger charge is -2.25. The summed E-state index contributed by atoms with van der Waals surface area (Å²) in [6, 6.07) is 32.2. The normalized spacial score (nSPS) is 13.8. The minimum Gasteiger partial charge on any atom is -0.457 e. The molecule has 1 aliphatic rings. The predicted molar refractivity (Wildman–Crippen MR) is 182 cm³/mol. The molecule has 4 aromatic carbocycles. The van der Waals surface area contributed by atoms with E-state index in [0.717, 1.165) is 51.6 Å². The van der Waals surface area contributed by atoms with Crippen LogP contribution in [-0.2, 0) is 12.5 Å². The van der Waals surface area contributed by atoms with Crippen molar-refractivity contribution in [2.24, 2.45) is 7.05 Å². The van der Waals surface area contributed by atoms with Crippen molar-refractivity contribution in [2.75, 3.05) is 18.6 Å². The Balaban J connectivity index is 1.27. The zero-order valence-corrected chi connectivity index (χ0v) is 25.7. The van der Waals surface area contributed by atoms with Gasteiger partial charge in [-0.05, 0) is 47.4 Å². The lowest BCUT2D eigenvalue weighted by molar-refractivity contribution is 0.477. The SMILES string of the molecule is CN1C=CN(c2cc(Oc3ccc4c5ccccc5n(-c5cc6c(cn5)c5ccccc5n6C)c4c3)cc(C(C)(C)C)c2)C1. The third-order valence-electron chi connectivity index (χ3n) is 8.86. The molecule has 0 bridgehead atoms. The van der Waals surface area contributed by atoms with Gasteiger partial charge in [-0.25, -0.2) is 4.98 Å². The van der Waals surface area contributed by atoms with Gasteiger partial charge >= 0.3 is 0 Å². The van der Waals surface area contributed by atoms with Crippen LogP contribution in [0.5, 0.6) is 11.5 Å². The number of pyridine rings is 1. The van der Waals surface area contributed by atoms with Gasteiger partial charge in [-0.1, -0.05) is 57.2 Å². The zero-order chi connectivity index (χ0) is 30.2. The third-order valence-corrected chi connectivity index (χ3v) is 8.86. The summed E-state index contributed by atoms with van der Waals surface area (Å²) >= 11 is 0. The first-order valence-corrected chi connectivity index (χ1v) is 15.1. The second kappa shape index (κ2) is 9.64. The van der Waals surface area contributed by atoms with E-state index in [2.05, 4.69) is 157 Å². The van der Waals surface area contributed by atoms with E-state index in [-0.39, 0.29) is 5.41 Å². The summed E-state index contributed by atoms with van der Waals surface area (Å²) < 4.78 is 11.2. The highest BCUT2D eigenvalue weighted by atomic mass is 16.5. The Morgan fingerprint density at radius 1 is 0.659 bits per heavy atom. The standard InChI is InChI=1S/C38H35N5O/c1-38(2,3)25-18-26(42-17-16-40(4)24-42)20-28(19-25)44-27-14-15-31-29-10-7-9-13-34(29)43(36(31)21-27)37-22-35-32(23-39-37)30-11-6-8-12-33(30)41(35)5/h6-23H,24H2,1-5H3. The van der Waals surface area contributed by atoms with E-state index >= 15 is 0 Å². The summed E-state index contributed by atoms with van der Waals surface area (Å²) in [6.07, 6.45) is 6.23. The molecule has 44 heavy (non-hydrogen) atoms. The van der Waals surface area contributed by atoms with Crippen LogP contribution in [0.1, 0.15) is 26.3 Å². The average Bonchev–Trinajstić information content (AvgIpc) is 3.68. The van der Waals surface area contributed by atoms with Crippen LogP contribution in [0.15, 0.2) is 110 Å². The highest BCUT2D eigenvalue weighted by Gasteiger charge is 2.21. The molecule has 0 saturated carbocycles. The second-order valence-electron chi connectivity index (χ2n) is 12.9. The number of fused-ring (bicyclic) bond motifs is 6. The average molecular weight is 578 g/mol. The number of para-hydroxylation sites is 2. The highest BCUT2D eigenvalue weighted by Crippen LogP contribution is 2.38. The molecular weight excluding hydrogens is 542 g/mol. The Hall–Kier alpha value is -5.23. The molecular formula is C38H35N5O. The molecule has 0 aliphatic carbocycles. The number of hydrogen-bond donors (Lipinski definition) is 0. The number of anilines is 1. The summed E-state index contributed by atoms with van der Waals surface area (Å²) in [5.74, 6) is 2.50. The van der Waals surface area contributed by atoms with E-state index in [1.54, 1.807) is 0 Å². The number of hydrogen-bond acceptors (Lipinski definition) is 4. The molecule has 0 atom stereocenters.